The van der Waals surface area contributed by atoms with Crippen LogP contribution >= 0.6 is 0 Å². The van der Waals surface area contributed by atoms with E-state index in [1.807, 2.05) is 0 Å². The lowest BCUT2D eigenvalue weighted by molar-refractivity contribution is -0.145. The van der Waals surface area contributed by atoms with Gasteiger partial charge in [-0.2, -0.15) is 13.2 Å². The lowest BCUT2D eigenvalue weighted by atomic mass is 9.88. The van der Waals surface area contributed by atoms with Crippen LogP contribution in [0.15, 0.2) is 29.3 Å². The maximum absolute atomic E-state index is 13.2. The molecule has 1 fully saturated rings. The van der Waals surface area contributed by atoms with E-state index in [0.29, 0.717) is 12.1 Å². The fraction of sp³-hybridized carbons (Fsp3) is 0.471. The predicted molar refractivity (Wildman–Crippen MR) is 83.1 cm³/mol. The number of carboxylic acid groups (broad SMARTS) is 1. The molecule has 1 N–H and O–H groups in total. The molecule has 3 rings (SSSR count). The van der Waals surface area contributed by atoms with E-state index in [1.165, 1.54) is 0 Å². The molecule has 25 heavy (non-hydrogen) atoms. The van der Waals surface area contributed by atoms with Crippen LogP contribution in [0.25, 0.3) is 1.43 Å². The van der Waals surface area contributed by atoms with Gasteiger partial charge in [-0.1, -0.05) is 18.6 Å². The summed E-state index contributed by atoms with van der Waals surface area (Å²) < 4.78 is 86.3. The molecule has 0 aromatic heterocycles. The summed E-state index contributed by atoms with van der Waals surface area (Å²) in [6.45, 7) is -3.32. The highest BCUT2D eigenvalue weighted by molar-refractivity contribution is 6.47. The lowest BCUT2D eigenvalue weighted by Crippen LogP contribution is -2.50. The van der Waals surface area contributed by atoms with Gasteiger partial charge in [0.2, 0.25) is 0 Å². The van der Waals surface area contributed by atoms with Crippen molar-refractivity contribution in [3.8, 4) is 0 Å². The molecular weight excluding hydrogens is 337 g/mol. The zero-order chi connectivity index (χ0) is 23.4. The number of hydrogen-bond acceptors (Lipinski definition) is 4. The molecule has 1 aromatic carbocycles. The van der Waals surface area contributed by atoms with Gasteiger partial charge < -0.3 is 10.0 Å². The average molecular weight is 360 g/mol. The van der Waals surface area contributed by atoms with E-state index in [4.69, 9.17) is 8.28 Å². The van der Waals surface area contributed by atoms with Crippen molar-refractivity contribution in [2.45, 2.75) is 43.9 Å². The van der Waals surface area contributed by atoms with E-state index in [9.17, 15) is 22.8 Å². The lowest BCUT2D eigenvalue weighted by Gasteiger charge is -2.38. The number of amides is 1. The van der Waals surface area contributed by atoms with Crippen molar-refractivity contribution in [2.75, 3.05) is 6.50 Å². The number of aliphatic imine (C=N–C) groups is 1. The third-order valence-electron chi connectivity index (χ3n) is 3.97. The minimum Gasteiger partial charge on any atom is -0.480 e. The second-order valence-corrected chi connectivity index (χ2v) is 5.63. The Labute approximate surface area is 150 Å². The van der Waals surface area contributed by atoms with Crippen molar-refractivity contribution in [1.82, 2.24) is 4.90 Å². The fourth-order valence-electron chi connectivity index (χ4n) is 2.82. The van der Waals surface area contributed by atoms with Crippen LogP contribution in [0.3, 0.4) is 0 Å². The van der Waals surface area contributed by atoms with Gasteiger partial charge in [-0.25, -0.2) is 0 Å². The number of halogens is 3. The van der Waals surface area contributed by atoms with E-state index in [2.05, 4.69) is 10.1 Å². The molecule has 2 atom stereocenters. The standard InChI is InChI=1S/C17H17F3N2O3/c18-17(19,20)12-6-4-11(5-7-12)14-15(25)22(10-13(23)24)16(21-14)8-2-1-3-9-16/h4-7H,1-3,8-10H2,(H,23,24)/i2D,8D2,10D2/hD. The van der Waals surface area contributed by atoms with Crippen LogP contribution in [0.2, 0.25) is 0 Å². The molecule has 1 aliphatic heterocycles. The van der Waals surface area contributed by atoms with Crippen LogP contribution < -0.4 is 0 Å². The summed E-state index contributed by atoms with van der Waals surface area (Å²) in [7, 11) is 0. The molecule has 1 aliphatic carbocycles. The maximum atomic E-state index is 13.2. The van der Waals surface area contributed by atoms with E-state index in [-0.39, 0.29) is 29.7 Å². The van der Waals surface area contributed by atoms with Crippen molar-refractivity contribution in [3.05, 3.63) is 35.4 Å². The molecule has 2 unspecified atom stereocenters. The highest BCUT2D eigenvalue weighted by Crippen LogP contribution is 2.39. The van der Waals surface area contributed by atoms with E-state index in [1.54, 1.807) is 0 Å². The summed E-state index contributed by atoms with van der Waals surface area (Å²) in [6.07, 6.45) is -8.64. The van der Waals surface area contributed by atoms with Crippen LogP contribution in [-0.2, 0) is 15.8 Å². The largest absolute Gasteiger partial charge is 0.480 e. The number of aliphatic carboxylic acids is 1. The molecule has 1 aromatic rings. The molecule has 1 spiro atoms. The first-order chi connectivity index (χ1) is 14.2. The molecule has 1 heterocycles. The van der Waals surface area contributed by atoms with Crippen molar-refractivity contribution in [1.29, 1.82) is 1.43 Å². The van der Waals surface area contributed by atoms with Gasteiger partial charge in [0.1, 0.15) is 17.9 Å². The SMILES string of the molecule is [2H]OC(=O)C([2H])([2H])N1C(=O)C(c2ccc(C(F)(F)F)cc2)=NC12CCCC([2H])C2([2H])[2H]. The Morgan fingerprint density at radius 2 is 2.12 bits per heavy atom. The third kappa shape index (κ3) is 3.25. The number of carbonyl (C=O) groups excluding carboxylic acids is 1. The molecule has 134 valence electrons. The van der Waals surface area contributed by atoms with Crippen molar-refractivity contribution in [3.63, 3.8) is 0 Å². The smallest absolute Gasteiger partial charge is 0.416 e. The van der Waals surface area contributed by atoms with Crippen molar-refractivity contribution in [2.24, 2.45) is 4.99 Å². The molecule has 2 aliphatic rings. The zero-order valence-corrected chi connectivity index (χ0v) is 12.8. The minimum atomic E-state index is -4.64. The molecule has 8 heteroatoms. The van der Waals surface area contributed by atoms with Gasteiger partial charge in [-0.3, -0.25) is 14.6 Å². The van der Waals surface area contributed by atoms with Crippen LogP contribution in [0.1, 0.15) is 50.0 Å². The first-order valence-corrected chi connectivity index (χ1v) is 7.42. The van der Waals surface area contributed by atoms with Gasteiger partial charge in [0.05, 0.1) is 8.30 Å². The van der Waals surface area contributed by atoms with Crippen LogP contribution in [0.5, 0.6) is 0 Å². The van der Waals surface area contributed by atoms with Crippen LogP contribution in [-0.4, -0.2) is 39.8 Å². The quantitative estimate of drug-likeness (QED) is 0.901. The minimum absolute atomic E-state index is 0.0911. The molecule has 0 radical (unpaired) electrons. The number of alkyl halides is 3. The summed E-state index contributed by atoms with van der Waals surface area (Å²) in [5.74, 6) is -3.06. The Bertz CT molecular complexity index is 938. The Hall–Kier alpha value is -2.38. The van der Waals surface area contributed by atoms with Gasteiger partial charge >= 0.3 is 12.1 Å². The van der Waals surface area contributed by atoms with Crippen LogP contribution in [0.4, 0.5) is 13.2 Å². The molecule has 1 amide bonds. The predicted octanol–water partition coefficient (Wildman–Crippen LogP) is 3.08. The molecule has 0 bridgehead atoms. The number of nitrogens with zero attached hydrogens (tertiary/aromatic N) is 2. The number of hydrogen-bond donors (Lipinski definition) is 1. The summed E-state index contributed by atoms with van der Waals surface area (Å²) in [5.41, 5.74) is -4.00. The second-order valence-electron chi connectivity index (χ2n) is 5.63. The molecule has 0 saturated heterocycles. The summed E-state index contributed by atoms with van der Waals surface area (Å²) >= 11 is 0. The third-order valence-corrected chi connectivity index (χ3v) is 3.97. The zero-order valence-electron chi connectivity index (χ0n) is 18.8. The Morgan fingerprint density at radius 3 is 2.76 bits per heavy atom. The number of carboxylic acids is 1. The van der Waals surface area contributed by atoms with Gasteiger partial charge in [-0.15, -0.1) is 0 Å². The average Bonchev–Trinajstić information content (AvgIpc) is 2.99. The van der Waals surface area contributed by atoms with Crippen molar-refractivity contribution < 1.29 is 34.7 Å². The van der Waals surface area contributed by atoms with E-state index in [0.717, 1.165) is 12.1 Å². The van der Waals surface area contributed by atoms with Gasteiger partial charge in [-0.05, 0) is 37.7 Å². The molecular formula is C17H17F3N2O3. The van der Waals surface area contributed by atoms with Crippen LogP contribution in [0, 0.1) is 0 Å². The van der Waals surface area contributed by atoms with Gasteiger partial charge in [0.25, 0.3) is 7.34 Å². The van der Waals surface area contributed by atoms with Crippen molar-refractivity contribution >= 4 is 17.6 Å². The molecule has 5 nitrogen and oxygen atoms in total. The van der Waals surface area contributed by atoms with Gasteiger partial charge in [0, 0.05) is 9.68 Å². The Morgan fingerprint density at radius 1 is 1.40 bits per heavy atom. The summed E-state index contributed by atoms with van der Waals surface area (Å²) in [4.78, 5) is 29.4. The van der Waals surface area contributed by atoms with E-state index >= 15 is 0 Å². The Kier molecular flexibility index (Phi) is 2.78. The summed E-state index contributed by atoms with van der Waals surface area (Å²) in [6, 6.07) is 3.25. The van der Waals surface area contributed by atoms with Gasteiger partial charge in [0.15, 0.2) is 0 Å². The number of benzene rings is 1. The first-order valence-electron chi connectivity index (χ1n) is 10.4. The first kappa shape index (κ1) is 11.3. The normalized spacial score (nSPS) is 32.8. The fourth-order valence-corrected chi connectivity index (χ4v) is 2.82. The number of rotatable bonds is 3. The highest BCUT2D eigenvalue weighted by atomic mass is 19.4. The highest BCUT2D eigenvalue weighted by Gasteiger charge is 2.48. The maximum Gasteiger partial charge on any atom is 0.416 e. The molecule has 1 saturated carbocycles. The monoisotopic (exact) mass is 360 g/mol. The topological polar surface area (TPSA) is 70.0 Å². The van der Waals surface area contributed by atoms with E-state index < -0.39 is 54.3 Å². The number of carbonyl (C=O) groups is 2. The Balaban J connectivity index is 2.19. The summed E-state index contributed by atoms with van der Waals surface area (Å²) in [5, 5.41) is 3.70. The second kappa shape index (κ2) is 6.16.